The van der Waals surface area contributed by atoms with E-state index in [4.69, 9.17) is 4.74 Å². The Labute approximate surface area is 127 Å². The molecule has 1 rings (SSSR count). The lowest BCUT2D eigenvalue weighted by molar-refractivity contribution is -0.159. The summed E-state index contributed by atoms with van der Waals surface area (Å²) in [6, 6.07) is 0. The number of aliphatic hydroxyl groups excluding tert-OH is 1. The molecule has 0 saturated heterocycles. The number of hydrogen-bond donors (Lipinski definition) is 2. The zero-order chi connectivity index (χ0) is 16.2. The third kappa shape index (κ3) is 5.29. The lowest BCUT2D eigenvalue weighted by atomic mass is 9.83. The number of allylic oxidation sites excluding steroid dienone is 1. The monoisotopic (exact) mass is 296 g/mol. The Morgan fingerprint density at radius 1 is 1.52 bits per heavy atom. The molecule has 1 aliphatic carbocycles. The zero-order valence-corrected chi connectivity index (χ0v) is 13.5. The fourth-order valence-electron chi connectivity index (χ4n) is 2.57. The summed E-state index contributed by atoms with van der Waals surface area (Å²) in [6.45, 7) is 11.1. The smallest absolute Gasteiger partial charge is 0.303 e. The average molecular weight is 296 g/mol. The Bertz CT molecular complexity index is 409. The van der Waals surface area contributed by atoms with Gasteiger partial charge in [0.1, 0.15) is 11.7 Å². The molecule has 0 aliphatic heterocycles. The van der Waals surface area contributed by atoms with Crippen LogP contribution in [-0.4, -0.2) is 34.0 Å². The third-order valence-electron chi connectivity index (χ3n) is 4.20. The highest BCUT2D eigenvalue weighted by atomic mass is 16.6. The number of ether oxygens (including phenoxy) is 1. The molecule has 0 aromatic rings. The van der Waals surface area contributed by atoms with Crippen LogP contribution in [0.5, 0.6) is 0 Å². The van der Waals surface area contributed by atoms with Gasteiger partial charge in [-0.1, -0.05) is 32.6 Å². The van der Waals surface area contributed by atoms with Crippen molar-refractivity contribution in [3.05, 3.63) is 24.3 Å². The van der Waals surface area contributed by atoms with Gasteiger partial charge in [0.25, 0.3) is 0 Å². The van der Waals surface area contributed by atoms with Crippen LogP contribution in [0.1, 0.15) is 47.0 Å². The van der Waals surface area contributed by atoms with Crippen molar-refractivity contribution in [3.63, 3.8) is 0 Å². The van der Waals surface area contributed by atoms with Crippen molar-refractivity contribution in [1.82, 2.24) is 0 Å². The first-order valence-electron chi connectivity index (χ1n) is 7.58. The van der Waals surface area contributed by atoms with E-state index >= 15 is 0 Å². The SMILES string of the molecule is C=C1CC[C@@H](C(C)C)/C=C/[C@@](C)(O)[C@@H](OC(C)=O)C[C@H]1O. The molecular weight excluding hydrogens is 268 g/mol. The molecule has 1 aliphatic rings. The summed E-state index contributed by atoms with van der Waals surface area (Å²) in [6.07, 6.45) is 3.89. The Morgan fingerprint density at radius 2 is 2.14 bits per heavy atom. The van der Waals surface area contributed by atoms with Crippen molar-refractivity contribution in [2.75, 3.05) is 0 Å². The van der Waals surface area contributed by atoms with E-state index in [1.54, 1.807) is 13.0 Å². The van der Waals surface area contributed by atoms with Crippen LogP contribution in [0.3, 0.4) is 0 Å². The van der Waals surface area contributed by atoms with Crippen molar-refractivity contribution in [2.45, 2.75) is 64.8 Å². The lowest BCUT2D eigenvalue weighted by Crippen LogP contribution is -2.43. The fraction of sp³-hybridized carbons (Fsp3) is 0.706. The average Bonchev–Trinajstić information content (AvgIpc) is 2.35. The number of rotatable bonds is 2. The molecule has 0 bridgehead atoms. The minimum atomic E-state index is -1.31. The van der Waals surface area contributed by atoms with Gasteiger partial charge in [-0.25, -0.2) is 0 Å². The van der Waals surface area contributed by atoms with E-state index in [0.29, 0.717) is 5.92 Å². The van der Waals surface area contributed by atoms with E-state index in [9.17, 15) is 15.0 Å². The van der Waals surface area contributed by atoms with Crippen LogP contribution < -0.4 is 0 Å². The maximum atomic E-state index is 11.3. The first-order chi connectivity index (χ1) is 9.63. The van der Waals surface area contributed by atoms with E-state index in [1.807, 2.05) is 6.08 Å². The zero-order valence-electron chi connectivity index (χ0n) is 13.5. The van der Waals surface area contributed by atoms with Gasteiger partial charge in [-0.05, 0) is 37.2 Å². The molecule has 0 radical (unpaired) electrons. The molecular formula is C17H28O4. The van der Waals surface area contributed by atoms with Gasteiger partial charge in [0.2, 0.25) is 0 Å². The summed E-state index contributed by atoms with van der Waals surface area (Å²) in [5.74, 6) is 0.244. The standard InChI is InChI=1S/C17H28O4/c1-11(2)14-7-6-12(3)15(19)10-16(21-13(4)18)17(5,20)9-8-14/h8-9,11,14-16,19-20H,3,6-7,10H2,1-2,4-5H3/b9-8+/t14-,15-,16+,17-/m1/s1. The van der Waals surface area contributed by atoms with Crippen molar-refractivity contribution in [3.8, 4) is 0 Å². The van der Waals surface area contributed by atoms with Gasteiger partial charge in [0.05, 0.1) is 6.10 Å². The van der Waals surface area contributed by atoms with Crippen LogP contribution in [0.4, 0.5) is 0 Å². The lowest BCUT2D eigenvalue weighted by Gasteiger charge is -2.33. The molecule has 0 spiro atoms. The second-order valence-corrected chi connectivity index (χ2v) is 6.54. The molecule has 0 fully saturated rings. The number of esters is 1. The van der Waals surface area contributed by atoms with Crippen LogP contribution in [0.15, 0.2) is 24.3 Å². The minimum absolute atomic E-state index is 0.155. The topological polar surface area (TPSA) is 66.8 Å². The van der Waals surface area contributed by atoms with Gasteiger partial charge in [0, 0.05) is 13.3 Å². The first-order valence-corrected chi connectivity index (χ1v) is 7.58. The quantitative estimate of drug-likeness (QED) is 0.607. The number of carbonyl (C=O) groups excluding carboxylic acids is 1. The molecule has 0 aromatic carbocycles. The number of aliphatic hydroxyl groups is 2. The van der Waals surface area contributed by atoms with Crippen LogP contribution >= 0.6 is 0 Å². The minimum Gasteiger partial charge on any atom is -0.459 e. The maximum Gasteiger partial charge on any atom is 0.303 e. The van der Waals surface area contributed by atoms with Crippen LogP contribution in [-0.2, 0) is 9.53 Å². The molecule has 21 heavy (non-hydrogen) atoms. The molecule has 4 nitrogen and oxygen atoms in total. The number of hydrogen-bond acceptors (Lipinski definition) is 4. The predicted octanol–water partition coefficient (Wildman–Crippen LogP) is 2.60. The van der Waals surface area contributed by atoms with Crippen molar-refractivity contribution in [1.29, 1.82) is 0 Å². The van der Waals surface area contributed by atoms with Crippen LogP contribution in [0, 0.1) is 11.8 Å². The largest absolute Gasteiger partial charge is 0.459 e. The van der Waals surface area contributed by atoms with Crippen molar-refractivity contribution in [2.24, 2.45) is 11.8 Å². The third-order valence-corrected chi connectivity index (χ3v) is 4.20. The van der Waals surface area contributed by atoms with E-state index in [1.165, 1.54) is 6.92 Å². The molecule has 4 atom stereocenters. The molecule has 0 amide bonds. The number of carbonyl (C=O) groups is 1. The van der Waals surface area contributed by atoms with Crippen molar-refractivity contribution >= 4 is 5.97 Å². The molecule has 0 heterocycles. The highest BCUT2D eigenvalue weighted by molar-refractivity contribution is 5.66. The van der Waals surface area contributed by atoms with Gasteiger partial charge in [-0.2, -0.15) is 0 Å². The van der Waals surface area contributed by atoms with E-state index < -0.39 is 23.8 Å². The van der Waals surface area contributed by atoms with Crippen molar-refractivity contribution < 1.29 is 19.7 Å². The van der Waals surface area contributed by atoms with Gasteiger partial charge in [0.15, 0.2) is 0 Å². The molecule has 0 aromatic heterocycles. The van der Waals surface area contributed by atoms with Gasteiger partial charge in [-0.15, -0.1) is 0 Å². The summed E-state index contributed by atoms with van der Waals surface area (Å²) in [5, 5.41) is 20.8. The van der Waals surface area contributed by atoms with Crippen LogP contribution in [0.25, 0.3) is 0 Å². The first kappa shape index (κ1) is 17.9. The second kappa shape index (κ2) is 7.23. The maximum absolute atomic E-state index is 11.3. The molecule has 4 heteroatoms. The predicted molar refractivity (Wildman–Crippen MR) is 82.6 cm³/mol. The normalized spacial score (nSPS) is 36.3. The summed E-state index contributed by atoms with van der Waals surface area (Å²) in [5.41, 5.74) is -0.582. The van der Waals surface area contributed by atoms with E-state index in [-0.39, 0.29) is 12.3 Å². The van der Waals surface area contributed by atoms with E-state index in [2.05, 4.69) is 20.4 Å². The molecule has 120 valence electrons. The second-order valence-electron chi connectivity index (χ2n) is 6.54. The Kier molecular flexibility index (Phi) is 6.17. The highest BCUT2D eigenvalue weighted by Crippen LogP contribution is 2.29. The highest BCUT2D eigenvalue weighted by Gasteiger charge is 2.35. The molecule has 2 N–H and O–H groups in total. The Hall–Kier alpha value is -1.13. The summed E-state index contributed by atoms with van der Waals surface area (Å²) < 4.78 is 5.21. The van der Waals surface area contributed by atoms with Crippen LogP contribution in [0.2, 0.25) is 0 Å². The summed E-state index contributed by atoms with van der Waals surface area (Å²) in [4.78, 5) is 11.3. The van der Waals surface area contributed by atoms with Gasteiger partial charge >= 0.3 is 5.97 Å². The van der Waals surface area contributed by atoms with Gasteiger partial charge in [-0.3, -0.25) is 4.79 Å². The Morgan fingerprint density at radius 3 is 2.67 bits per heavy atom. The Balaban J connectivity index is 3.08. The fourth-order valence-corrected chi connectivity index (χ4v) is 2.57. The van der Waals surface area contributed by atoms with E-state index in [0.717, 1.165) is 18.4 Å². The van der Waals surface area contributed by atoms with Gasteiger partial charge < -0.3 is 14.9 Å². The summed E-state index contributed by atoms with van der Waals surface area (Å²) >= 11 is 0. The molecule has 0 unspecified atom stereocenters. The molecule has 0 saturated carbocycles. The summed E-state index contributed by atoms with van der Waals surface area (Å²) in [7, 11) is 0.